The van der Waals surface area contributed by atoms with Crippen LogP contribution in [-0.2, 0) is 11.3 Å². The maximum atomic E-state index is 13.3. The summed E-state index contributed by atoms with van der Waals surface area (Å²) in [6.45, 7) is -0.234. The molecule has 0 bridgehead atoms. The van der Waals surface area contributed by atoms with Crippen molar-refractivity contribution in [3.8, 4) is 28.6 Å². The zero-order valence-corrected chi connectivity index (χ0v) is 18.8. The number of imidazole rings is 1. The van der Waals surface area contributed by atoms with Crippen molar-refractivity contribution in [2.75, 3.05) is 20.5 Å². The predicted molar refractivity (Wildman–Crippen MR) is 117 cm³/mol. The maximum absolute atomic E-state index is 13.3. The average Bonchev–Trinajstić information content (AvgIpc) is 3.50. The van der Waals surface area contributed by atoms with E-state index >= 15 is 0 Å². The third-order valence-electron chi connectivity index (χ3n) is 4.64. The third kappa shape index (κ3) is 4.67. The second-order valence-electron chi connectivity index (χ2n) is 6.60. The molecule has 0 radical (unpaired) electrons. The fourth-order valence-corrected chi connectivity index (χ4v) is 3.61. The molecule has 0 unspecified atom stereocenters. The van der Waals surface area contributed by atoms with Gasteiger partial charge in [0.1, 0.15) is 5.82 Å². The molecule has 0 spiro atoms. The van der Waals surface area contributed by atoms with Gasteiger partial charge in [0.15, 0.2) is 29.0 Å². The normalized spacial score (nSPS) is 10.8. The SMILES string of the molecule is COc1ccc(-c2noc(COC(=O)c3cnc(SC)n3-c3ccc(F)cc3)n2)cc1OC. The quantitative estimate of drug-likeness (QED) is 0.277. The van der Waals surface area contributed by atoms with Gasteiger partial charge in [0, 0.05) is 11.3 Å². The fraction of sp³-hybridized carbons (Fsp3) is 0.182. The van der Waals surface area contributed by atoms with Gasteiger partial charge >= 0.3 is 5.97 Å². The highest BCUT2D eigenvalue weighted by Gasteiger charge is 2.20. The number of benzene rings is 2. The van der Waals surface area contributed by atoms with E-state index in [9.17, 15) is 9.18 Å². The van der Waals surface area contributed by atoms with Crippen molar-refractivity contribution in [2.24, 2.45) is 0 Å². The summed E-state index contributed by atoms with van der Waals surface area (Å²) in [5, 5.41) is 4.49. The molecule has 0 saturated carbocycles. The molecule has 0 saturated heterocycles. The third-order valence-corrected chi connectivity index (χ3v) is 5.30. The van der Waals surface area contributed by atoms with Crippen LogP contribution in [0.1, 0.15) is 16.4 Å². The molecular weight excluding hydrogens is 451 g/mol. The minimum atomic E-state index is -0.641. The molecule has 9 nitrogen and oxygen atoms in total. The van der Waals surface area contributed by atoms with Crippen LogP contribution in [0.5, 0.6) is 11.5 Å². The van der Waals surface area contributed by atoms with E-state index in [1.807, 2.05) is 6.26 Å². The van der Waals surface area contributed by atoms with Gasteiger partial charge in [-0.05, 0) is 48.7 Å². The summed E-state index contributed by atoms with van der Waals surface area (Å²) in [6, 6.07) is 10.9. The molecule has 0 amide bonds. The number of ether oxygens (including phenoxy) is 3. The van der Waals surface area contributed by atoms with Gasteiger partial charge in [0.25, 0.3) is 5.89 Å². The Labute approximate surface area is 192 Å². The van der Waals surface area contributed by atoms with Crippen LogP contribution in [0, 0.1) is 5.82 Å². The first-order chi connectivity index (χ1) is 16.0. The molecule has 2 aromatic heterocycles. The molecule has 0 N–H and O–H groups in total. The summed E-state index contributed by atoms with van der Waals surface area (Å²) < 4.78 is 36.0. The lowest BCUT2D eigenvalue weighted by atomic mass is 10.2. The van der Waals surface area contributed by atoms with Gasteiger partial charge in [-0.2, -0.15) is 4.98 Å². The smallest absolute Gasteiger partial charge is 0.357 e. The summed E-state index contributed by atoms with van der Waals surface area (Å²) in [7, 11) is 3.07. The average molecular weight is 470 g/mol. The van der Waals surface area contributed by atoms with Gasteiger partial charge in [-0.15, -0.1) is 0 Å². The number of carbonyl (C=O) groups is 1. The summed E-state index contributed by atoms with van der Waals surface area (Å²) in [5.41, 5.74) is 1.41. The van der Waals surface area contributed by atoms with Crippen LogP contribution in [0.4, 0.5) is 4.39 Å². The van der Waals surface area contributed by atoms with E-state index in [4.69, 9.17) is 18.7 Å². The minimum absolute atomic E-state index is 0.117. The Bertz CT molecular complexity index is 1270. The van der Waals surface area contributed by atoms with Crippen molar-refractivity contribution in [1.82, 2.24) is 19.7 Å². The molecule has 170 valence electrons. The molecule has 11 heteroatoms. The Morgan fingerprint density at radius 1 is 1.12 bits per heavy atom. The number of hydrogen-bond donors (Lipinski definition) is 0. The van der Waals surface area contributed by atoms with Gasteiger partial charge in [-0.1, -0.05) is 16.9 Å². The van der Waals surface area contributed by atoms with E-state index in [0.29, 0.717) is 33.7 Å². The van der Waals surface area contributed by atoms with Gasteiger partial charge in [0.05, 0.1) is 20.4 Å². The van der Waals surface area contributed by atoms with Gasteiger partial charge in [-0.3, -0.25) is 4.57 Å². The summed E-state index contributed by atoms with van der Waals surface area (Å²) in [5.74, 6) is 0.496. The summed E-state index contributed by atoms with van der Waals surface area (Å²) >= 11 is 1.34. The molecule has 0 atom stereocenters. The number of hydrogen-bond acceptors (Lipinski definition) is 9. The number of methoxy groups -OCH3 is 2. The highest BCUT2D eigenvalue weighted by atomic mass is 32.2. The van der Waals surface area contributed by atoms with Gasteiger partial charge < -0.3 is 18.7 Å². The number of halogens is 1. The van der Waals surface area contributed by atoms with E-state index in [2.05, 4.69) is 15.1 Å². The van der Waals surface area contributed by atoms with Crippen LogP contribution in [0.3, 0.4) is 0 Å². The molecule has 0 aliphatic heterocycles. The lowest BCUT2D eigenvalue weighted by Crippen LogP contribution is -2.12. The van der Waals surface area contributed by atoms with Crippen molar-refractivity contribution in [3.05, 3.63) is 66.1 Å². The van der Waals surface area contributed by atoms with Crippen LogP contribution in [0.15, 0.2) is 58.3 Å². The molecule has 4 aromatic rings. The van der Waals surface area contributed by atoms with Crippen molar-refractivity contribution in [2.45, 2.75) is 11.8 Å². The molecule has 0 aliphatic carbocycles. The van der Waals surface area contributed by atoms with E-state index in [-0.39, 0.29) is 24.0 Å². The highest BCUT2D eigenvalue weighted by Crippen LogP contribution is 2.31. The van der Waals surface area contributed by atoms with Gasteiger partial charge in [-0.25, -0.2) is 14.2 Å². The lowest BCUT2D eigenvalue weighted by molar-refractivity contribution is 0.0419. The predicted octanol–water partition coefficient (Wildman–Crippen LogP) is 4.16. The molecular formula is C22H19FN4O5S. The zero-order valence-electron chi connectivity index (χ0n) is 17.9. The second kappa shape index (κ2) is 9.74. The number of rotatable bonds is 8. The molecule has 2 heterocycles. The number of carbonyl (C=O) groups excluding carboxylic acids is 1. The summed E-state index contributed by atoms with van der Waals surface area (Å²) in [6.07, 6.45) is 3.23. The fourth-order valence-electron chi connectivity index (χ4n) is 3.07. The van der Waals surface area contributed by atoms with Crippen LogP contribution in [-0.4, -0.2) is 46.1 Å². The molecule has 2 aromatic carbocycles. The van der Waals surface area contributed by atoms with E-state index in [1.165, 1.54) is 37.2 Å². The molecule has 33 heavy (non-hydrogen) atoms. The van der Waals surface area contributed by atoms with Crippen LogP contribution >= 0.6 is 11.8 Å². The Hall–Kier alpha value is -3.86. The first-order valence-electron chi connectivity index (χ1n) is 9.63. The number of nitrogens with zero attached hydrogens (tertiary/aromatic N) is 4. The van der Waals surface area contributed by atoms with Crippen LogP contribution < -0.4 is 9.47 Å². The first kappa shape index (κ1) is 22.3. The lowest BCUT2D eigenvalue weighted by Gasteiger charge is -2.10. The molecule has 0 aliphatic rings. The minimum Gasteiger partial charge on any atom is -0.493 e. The standard InChI is InChI=1S/C22H19FN4O5S/c1-29-17-9-4-13(10-18(17)30-2)20-25-19(32-26-20)12-31-21(28)16-11-24-22(33-3)27(16)15-7-5-14(23)6-8-15/h4-11H,12H2,1-3H3. The van der Waals surface area contributed by atoms with E-state index in [0.717, 1.165) is 0 Å². The van der Waals surface area contributed by atoms with E-state index < -0.39 is 5.97 Å². The Morgan fingerprint density at radius 3 is 2.58 bits per heavy atom. The van der Waals surface area contributed by atoms with Crippen LogP contribution in [0.25, 0.3) is 17.1 Å². The summed E-state index contributed by atoms with van der Waals surface area (Å²) in [4.78, 5) is 21.3. The largest absolute Gasteiger partial charge is 0.493 e. The Morgan fingerprint density at radius 2 is 1.88 bits per heavy atom. The van der Waals surface area contributed by atoms with Gasteiger partial charge in [0.2, 0.25) is 5.82 Å². The number of aromatic nitrogens is 4. The van der Waals surface area contributed by atoms with Crippen LogP contribution in [0.2, 0.25) is 0 Å². The molecule has 0 fully saturated rings. The highest BCUT2D eigenvalue weighted by molar-refractivity contribution is 7.98. The number of thioether (sulfide) groups is 1. The maximum Gasteiger partial charge on any atom is 0.357 e. The Kier molecular flexibility index (Phi) is 6.59. The van der Waals surface area contributed by atoms with Crippen molar-refractivity contribution >= 4 is 17.7 Å². The van der Waals surface area contributed by atoms with Crippen molar-refractivity contribution in [1.29, 1.82) is 0 Å². The molecule has 4 rings (SSSR count). The zero-order chi connectivity index (χ0) is 23.4. The monoisotopic (exact) mass is 470 g/mol. The van der Waals surface area contributed by atoms with E-state index in [1.54, 1.807) is 42.0 Å². The van der Waals surface area contributed by atoms with Crippen molar-refractivity contribution in [3.63, 3.8) is 0 Å². The Balaban J connectivity index is 1.50. The topological polar surface area (TPSA) is 102 Å². The number of esters is 1. The first-order valence-corrected chi connectivity index (χ1v) is 10.9. The van der Waals surface area contributed by atoms with Crippen molar-refractivity contribution < 1.29 is 27.9 Å². The second-order valence-corrected chi connectivity index (χ2v) is 7.37.